The molecule has 0 aliphatic rings. The largest absolute Gasteiger partial charge is 0.354 e. The second kappa shape index (κ2) is 8.59. The van der Waals surface area contributed by atoms with Crippen molar-refractivity contribution in [2.45, 2.75) is 17.9 Å². The van der Waals surface area contributed by atoms with Crippen LogP contribution in [0.15, 0.2) is 72.0 Å². The van der Waals surface area contributed by atoms with Crippen molar-refractivity contribution in [3.05, 3.63) is 67.1 Å². The summed E-state index contributed by atoms with van der Waals surface area (Å²) in [5, 5.41) is 2.75. The van der Waals surface area contributed by atoms with Gasteiger partial charge in [0.15, 0.2) is 15.7 Å². The number of benzene rings is 1. The van der Waals surface area contributed by atoms with Crippen molar-refractivity contribution >= 4 is 15.7 Å². The van der Waals surface area contributed by atoms with Crippen LogP contribution in [-0.2, 0) is 21.2 Å². The number of carbonyl (C=O) groups is 1. The molecule has 3 rings (SSSR count). The summed E-state index contributed by atoms with van der Waals surface area (Å²) in [6.07, 6.45) is 5.12. The van der Waals surface area contributed by atoms with Gasteiger partial charge in [-0.1, -0.05) is 24.3 Å². The lowest BCUT2D eigenvalue weighted by Gasteiger charge is -2.09. The van der Waals surface area contributed by atoms with E-state index in [1.807, 2.05) is 29.0 Å². The van der Waals surface area contributed by atoms with Gasteiger partial charge < -0.3 is 9.88 Å². The SMILES string of the molecule is O=C(CCS(=O)(=O)c1ccccc1)NCCn1ccnc1-c1ccccn1. The summed E-state index contributed by atoms with van der Waals surface area (Å²) in [6, 6.07) is 13.7. The fourth-order valence-corrected chi connectivity index (χ4v) is 3.86. The summed E-state index contributed by atoms with van der Waals surface area (Å²) in [6.45, 7) is 0.892. The van der Waals surface area contributed by atoms with Crippen LogP contribution in [0.5, 0.6) is 0 Å². The summed E-state index contributed by atoms with van der Waals surface area (Å²) < 4.78 is 26.3. The third kappa shape index (κ3) is 5.01. The smallest absolute Gasteiger partial charge is 0.221 e. The molecule has 27 heavy (non-hydrogen) atoms. The van der Waals surface area contributed by atoms with Crippen LogP contribution in [0.2, 0.25) is 0 Å². The Hall–Kier alpha value is -3.00. The van der Waals surface area contributed by atoms with Gasteiger partial charge in [0.05, 0.1) is 10.6 Å². The molecule has 1 aromatic carbocycles. The molecule has 7 nitrogen and oxygen atoms in total. The van der Waals surface area contributed by atoms with Crippen LogP contribution in [-0.4, -0.2) is 41.2 Å². The quantitative estimate of drug-likeness (QED) is 0.640. The van der Waals surface area contributed by atoms with Crippen molar-refractivity contribution in [3.63, 3.8) is 0 Å². The van der Waals surface area contributed by atoms with Gasteiger partial charge in [0.25, 0.3) is 0 Å². The molecule has 0 unspecified atom stereocenters. The Bertz CT molecular complexity index is 986. The van der Waals surface area contributed by atoms with Crippen LogP contribution in [0.25, 0.3) is 11.5 Å². The minimum absolute atomic E-state index is 0.0751. The number of rotatable bonds is 8. The van der Waals surface area contributed by atoms with E-state index in [0.717, 1.165) is 11.5 Å². The molecule has 0 saturated carbocycles. The summed E-state index contributed by atoms with van der Waals surface area (Å²) in [5.41, 5.74) is 0.753. The van der Waals surface area contributed by atoms with E-state index < -0.39 is 9.84 Å². The molecule has 3 aromatic rings. The molecule has 1 amide bonds. The molecular weight excluding hydrogens is 364 g/mol. The molecule has 0 aliphatic heterocycles. The van der Waals surface area contributed by atoms with Gasteiger partial charge in [-0.05, 0) is 24.3 Å². The maximum Gasteiger partial charge on any atom is 0.221 e. The number of amides is 1. The zero-order chi connectivity index (χ0) is 19.1. The van der Waals surface area contributed by atoms with Gasteiger partial charge >= 0.3 is 0 Å². The molecule has 0 radical (unpaired) electrons. The molecule has 2 aromatic heterocycles. The second-order valence-electron chi connectivity index (χ2n) is 5.89. The fourth-order valence-electron chi connectivity index (χ4n) is 2.59. The molecule has 0 bridgehead atoms. The van der Waals surface area contributed by atoms with E-state index >= 15 is 0 Å². The van der Waals surface area contributed by atoms with Crippen molar-refractivity contribution in [1.82, 2.24) is 19.9 Å². The Labute approximate surface area is 158 Å². The highest BCUT2D eigenvalue weighted by atomic mass is 32.2. The predicted molar refractivity (Wildman–Crippen MR) is 102 cm³/mol. The minimum atomic E-state index is -3.45. The highest BCUT2D eigenvalue weighted by Gasteiger charge is 2.16. The molecule has 0 saturated heterocycles. The number of nitrogens with zero attached hydrogens (tertiary/aromatic N) is 3. The summed E-state index contributed by atoms with van der Waals surface area (Å²) in [7, 11) is -3.45. The van der Waals surface area contributed by atoms with Crippen LogP contribution in [0.3, 0.4) is 0 Å². The van der Waals surface area contributed by atoms with E-state index in [1.54, 1.807) is 30.6 Å². The number of imidazole rings is 1. The van der Waals surface area contributed by atoms with Crippen molar-refractivity contribution in [1.29, 1.82) is 0 Å². The molecule has 2 heterocycles. The fraction of sp³-hybridized carbons (Fsp3) is 0.211. The standard InChI is InChI=1S/C19H20N4O3S/c24-18(9-15-27(25,26)16-6-2-1-3-7-16)21-11-13-23-14-12-22-19(23)17-8-4-5-10-20-17/h1-8,10,12,14H,9,11,13,15H2,(H,21,24). The predicted octanol–water partition coefficient (Wildman–Crippen LogP) is 1.93. The van der Waals surface area contributed by atoms with Crippen molar-refractivity contribution in [3.8, 4) is 11.5 Å². The average molecular weight is 384 g/mol. The maximum absolute atomic E-state index is 12.2. The Balaban J connectivity index is 1.49. The van der Waals surface area contributed by atoms with Gasteiger partial charge in [0, 0.05) is 38.1 Å². The molecule has 0 aliphatic carbocycles. The molecule has 1 N–H and O–H groups in total. The number of pyridine rings is 1. The average Bonchev–Trinajstić information content (AvgIpc) is 3.16. The lowest BCUT2D eigenvalue weighted by molar-refractivity contribution is -0.120. The van der Waals surface area contributed by atoms with E-state index in [1.165, 1.54) is 12.1 Å². The first-order valence-electron chi connectivity index (χ1n) is 8.53. The number of aromatic nitrogens is 3. The van der Waals surface area contributed by atoms with E-state index in [4.69, 9.17) is 0 Å². The lowest BCUT2D eigenvalue weighted by atomic mass is 10.3. The number of sulfone groups is 1. The summed E-state index contributed by atoms with van der Waals surface area (Å²) >= 11 is 0. The van der Waals surface area contributed by atoms with Crippen LogP contribution in [0.4, 0.5) is 0 Å². The van der Waals surface area contributed by atoms with Crippen molar-refractivity contribution in [2.24, 2.45) is 0 Å². The minimum Gasteiger partial charge on any atom is -0.354 e. The van der Waals surface area contributed by atoms with E-state index in [2.05, 4.69) is 15.3 Å². The molecule has 0 atom stereocenters. The van der Waals surface area contributed by atoms with Gasteiger partial charge in [-0.15, -0.1) is 0 Å². The topological polar surface area (TPSA) is 94.0 Å². The summed E-state index contributed by atoms with van der Waals surface area (Å²) in [4.78, 5) is 20.8. The zero-order valence-corrected chi connectivity index (χ0v) is 15.5. The van der Waals surface area contributed by atoms with E-state index in [0.29, 0.717) is 13.1 Å². The van der Waals surface area contributed by atoms with E-state index in [-0.39, 0.29) is 23.0 Å². The molecule has 8 heteroatoms. The Morgan fingerprint density at radius 3 is 2.52 bits per heavy atom. The summed E-state index contributed by atoms with van der Waals surface area (Å²) in [5.74, 6) is 0.207. The number of nitrogens with one attached hydrogen (secondary N) is 1. The van der Waals surface area contributed by atoms with Crippen molar-refractivity contribution in [2.75, 3.05) is 12.3 Å². The monoisotopic (exact) mass is 384 g/mol. The number of hydrogen-bond acceptors (Lipinski definition) is 5. The second-order valence-corrected chi connectivity index (χ2v) is 8.00. The third-order valence-electron chi connectivity index (χ3n) is 3.98. The lowest BCUT2D eigenvalue weighted by Crippen LogP contribution is -2.28. The normalized spacial score (nSPS) is 11.3. The first kappa shape index (κ1) is 18.8. The van der Waals surface area contributed by atoms with Gasteiger partial charge in [0.2, 0.25) is 5.91 Å². The highest BCUT2D eigenvalue weighted by molar-refractivity contribution is 7.91. The van der Waals surface area contributed by atoms with Gasteiger partial charge in [0.1, 0.15) is 5.69 Å². The van der Waals surface area contributed by atoms with Crippen LogP contribution >= 0.6 is 0 Å². The molecule has 0 fully saturated rings. The zero-order valence-electron chi connectivity index (χ0n) is 14.7. The highest BCUT2D eigenvalue weighted by Crippen LogP contribution is 2.13. The van der Waals surface area contributed by atoms with Gasteiger partial charge in [-0.2, -0.15) is 0 Å². The van der Waals surface area contributed by atoms with Crippen LogP contribution in [0.1, 0.15) is 6.42 Å². The first-order valence-corrected chi connectivity index (χ1v) is 10.2. The maximum atomic E-state index is 12.2. The van der Waals surface area contributed by atoms with Gasteiger partial charge in [-0.25, -0.2) is 13.4 Å². The first-order chi connectivity index (χ1) is 13.1. The van der Waals surface area contributed by atoms with E-state index in [9.17, 15) is 13.2 Å². The molecule has 0 spiro atoms. The Morgan fingerprint density at radius 2 is 1.78 bits per heavy atom. The third-order valence-corrected chi connectivity index (χ3v) is 5.72. The van der Waals surface area contributed by atoms with Crippen molar-refractivity contribution < 1.29 is 13.2 Å². The van der Waals surface area contributed by atoms with Gasteiger partial charge in [-0.3, -0.25) is 9.78 Å². The Kier molecular flexibility index (Phi) is 5.97. The molecule has 140 valence electrons. The number of carbonyl (C=O) groups excluding carboxylic acids is 1. The van der Waals surface area contributed by atoms with Crippen LogP contribution < -0.4 is 5.32 Å². The number of hydrogen-bond donors (Lipinski definition) is 1. The molecular formula is C19H20N4O3S. The van der Waals surface area contributed by atoms with Crippen LogP contribution in [0, 0.1) is 0 Å². The Morgan fingerprint density at radius 1 is 1.00 bits per heavy atom.